The number of ether oxygens (including phenoxy) is 3. The van der Waals surface area contributed by atoms with Gasteiger partial charge >= 0.3 is 0 Å². The van der Waals surface area contributed by atoms with Crippen LogP contribution in [0.4, 0.5) is 0 Å². The average Bonchev–Trinajstić information content (AvgIpc) is 2.71. The normalized spacial score (nSPS) is 10.4. The molecule has 0 aliphatic rings. The molecule has 3 aromatic carbocycles. The van der Waals surface area contributed by atoms with Crippen molar-refractivity contribution in [2.75, 3.05) is 26.4 Å². The van der Waals surface area contributed by atoms with Crippen molar-refractivity contribution in [3.8, 4) is 17.2 Å². The zero-order chi connectivity index (χ0) is 18.9. The van der Waals surface area contributed by atoms with Crippen molar-refractivity contribution in [1.29, 1.82) is 0 Å². The van der Waals surface area contributed by atoms with Crippen molar-refractivity contribution >= 4 is 16.7 Å². The molecule has 0 radical (unpaired) electrons. The molecule has 0 saturated carbocycles. The second kappa shape index (κ2) is 9.48. The molecule has 0 aliphatic heterocycles. The van der Waals surface area contributed by atoms with Crippen LogP contribution in [0.5, 0.6) is 17.2 Å². The fourth-order valence-electron chi connectivity index (χ4n) is 2.62. The van der Waals surface area contributed by atoms with E-state index in [1.165, 1.54) is 0 Å². The van der Waals surface area contributed by atoms with Crippen LogP contribution in [-0.2, 0) is 4.79 Å². The van der Waals surface area contributed by atoms with Gasteiger partial charge in [0.2, 0.25) is 0 Å². The molecule has 0 unspecified atom stereocenters. The first-order valence-corrected chi connectivity index (χ1v) is 8.98. The lowest BCUT2D eigenvalue weighted by Crippen LogP contribution is -2.32. The third-order valence-electron chi connectivity index (χ3n) is 3.92. The number of carbonyl (C=O) groups excluding carboxylic acids is 1. The van der Waals surface area contributed by atoms with Crippen LogP contribution < -0.4 is 19.5 Å². The Morgan fingerprint density at radius 3 is 2.22 bits per heavy atom. The van der Waals surface area contributed by atoms with Gasteiger partial charge in [-0.15, -0.1) is 0 Å². The SMILES string of the molecule is CCOc1ccc(OCCNC(=O)COc2ccc3ccccc3c2)cc1. The van der Waals surface area contributed by atoms with E-state index in [1.54, 1.807) is 0 Å². The van der Waals surface area contributed by atoms with Gasteiger partial charge in [0.1, 0.15) is 23.9 Å². The van der Waals surface area contributed by atoms with E-state index in [0.717, 1.165) is 22.3 Å². The van der Waals surface area contributed by atoms with Crippen molar-refractivity contribution < 1.29 is 19.0 Å². The maximum atomic E-state index is 11.9. The maximum Gasteiger partial charge on any atom is 0.258 e. The van der Waals surface area contributed by atoms with Gasteiger partial charge in [-0.05, 0) is 54.1 Å². The summed E-state index contributed by atoms with van der Waals surface area (Å²) in [5.41, 5.74) is 0. The van der Waals surface area contributed by atoms with Crippen LogP contribution in [0, 0.1) is 0 Å². The van der Waals surface area contributed by atoms with E-state index in [0.29, 0.717) is 25.5 Å². The smallest absolute Gasteiger partial charge is 0.258 e. The molecular weight excluding hydrogens is 342 g/mol. The lowest BCUT2D eigenvalue weighted by Gasteiger charge is -2.10. The first-order chi connectivity index (χ1) is 13.2. The van der Waals surface area contributed by atoms with Crippen LogP contribution >= 0.6 is 0 Å². The Balaban J connectivity index is 1.36. The Kier molecular flexibility index (Phi) is 6.52. The van der Waals surface area contributed by atoms with Gasteiger partial charge < -0.3 is 19.5 Å². The Morgan fingerprint density at radius 2 is 1.48 bits per heavy atom. The third kappa shape index (κ3) is 5.64. The average molecular weight is 365 g/mol. The quantitative estimate of drug-likeness (QED) is 0.586. The van der Waals surface area contributed by atoms with E-state index in [9.17, 15) is 4.79 Å². The van der Waals surface area contributed by atoms with Gasteiger partial charge in [-0.1, -0.05) is 30.3 Å². The minimum atomic E-state index is -0.182. The van der Waals surface area contributed by atoms with E-state index in [1.807, 2.05) is 73.7 Å². The zero-order valence-corrected chi connectivity index (χ0v) is 15.3. The van der Waals surface area contributed by atoms with Gasteiger partial charge in [0, 0.05) is 0 Å². The van der Waals surface area contributed by atoms with Crippen molar-refractivity contribution in [2.24, 2.45) is 0 Å². The number of fused-ring (bicyclic) bond motifs is 1. The number of hydrogen-bond acceptors (Lipinski definition) is 4. The van der Waals surface area contributed by atoms with Gasteiger partial charge in [-0.3, -0.25) is 4.79 Å². The number of nitrogens with one attached hydrogen (secondary N) is 1. The second-order valence-corrected chi connectivity index (χ2v) is 5.90. The Bertz CT molecular complexity index is 877. The summed E-state index contributed by atoms with van der Waals surface area (Å²) in [5.74, 6) is 2.04. The van der Waals surface area contributed by atoms with Crippen LogP contribution in [-0.4, -0.2) is 32.3 Å². The van der Waals surface area contributed by atoms with Crippen molar-refractivity contribution in [3.63, 3.8) is 0 Å². The van der Waals surface area contributed by atoms with E-state index in [2.05, 4.69) is 5.32 Å². The Hall–Kier alpha value is -3.21. The summed E-state index contributed by atoms with van der Waals surface area (Å²) in [5, 5.41) is 5.00. The van der Waals surface area contributed by atoms with E-state index in [-0.39, 0.29) is 12.5 Å². The van der Waals surface area contributed by atoms with E-state index in [4.69, 9.17) is 14.2 Å². The van der Waals surface area contributed by atoms with Gasteiger partial charge in [0.25, 0.3) is 5.91 Å². The standard InChI is InChI=1S/C22H23NO4/c1-2-25-19-9-11-20(12-10-19)26-14-13-23-22(24)16-27-21-8-7-17-5-3-4-6-18(17)15-21/h3-12,15H,2,13-14,16H2,1H3,(H,23,24). The van der Waals surface area contributed by atoms with Gasteiger partial charge in [-0.2, -0.15) is 0 Å². The Morgan fingerprint density at radius 1 is 0.815 bits per heavy atom. The number of benzene rings is 3. The molecule has 0 atom stereocenters. The topological polar surface area (TPSA) is 56.8 Å². The molecule has 5 nitrogen and oxygen atoms in total. The van der Waals surface area contributed by atoms with Gasteiger partial charge in [-0.25, -0.2) is 0 Å². The van der Waals surface area contributed by atoms with E-state index < -0.39 is 0 Å². The molecule has 140 valence electrons. The molecule has 0 aliphatic carbocycles. The second-order valence-electron chi connectivity index (χ2n) is 5.90. The summed E-state index contributed by atoms with van der Waals surface area (Å²) in [6.45, 7) is 3.34. The van der Waals surface area contributed by atoms with Crippen LogP contribution in [0.25, 0.3) is 10.8 Å². The monoisotopic (exact) mass is 365 g/mol. The molecule has 1 amide bonds. The van der Waals surface area contributed by atoms with Gasteiger partial charge in [0.05, 0.1) is 13.2 Å². The largest absolute Gasteiger partial charge is 0.494 e. The highest BCUT2D eigenvalue weighted by molar-refractivity contribution is 5.84. The van der Waals surface area contributed by atoms with Crippen LogP contribution in [0.2, 0.25) is 0 Å². The highest BCUT2D eigenvalue weighted by atomic mass is 16.5. The van der Waals surface area contributed by atoms with Crippen LogP contribution in [0.15, 0.2) is 66.7 Å². The molecule has 1 N–H and O–H groups in total. The summed E-state index contributed by atoms with van der Waals surface area (Å²) < 4.78 is 16.5. The fourth-order valence-corrected chi connectivity index (χ4v) is 2.62. The maximum absolute atomic E-state index is 11.9. The molecule has 0 spiro atoms. The predicted octanol–water partition coefficient (Wildman–Crippen LogP) is 3.81. The number of carbonyl (C=O) groups is 1. The minimum Gasteiger partial charge on any atom is -0.494 e. The zero-order valence-electron chi connectivity index (χ0n) is 15.3. The van der Waals surface area contributed by atoms with Gasteiger partial charge in [0.15, 0.2) is 6.61 Å². The molecule has 0 bridgehead atoms. The number of rotatable bonds is 9. The highest BCUT2D eigenvalue weighted by Gasteiger charge is 2.04. The van der Waals surface area contributed by atoms with Crippen molar-refractivity contribution in [2.45, 2.75) is 6.92 Å². The molecule has 0 aromatic heterocycles. The van der Waals surface area contributed by atoms with Crippen molar-refractivity contribution in [3.05, 3.63) is 66.7 Å². The Labute approximate surface area is 158 Å². The third-order valence-corrected chi connectivity index (χ3v) is 3.92. The molecule has 3 rings (SSSR count). The highest BCUT2D eigenvalue weighted by Crippen LogP contribution is 2.20. The molecular formula is C22H23NO4. The van der Waals surface area contributed by atoms with Crippen molar-refractivity contribution in [1.82, 2.24) is 5.32 Å². The number of hydrogen-bond donors (Lipinski definition) is 1. The predicted molar refractivity (Wildman–Crippen MR) is 106 cm³/mol. The first kappa shape index (κ1) is 18.6. The lowest BCUT2D eigenvalue weighted by molar-refractivity contribution is -0.123. The molecule has 0 fully saturated rings. The summed E-state index contributed by atoms with van der Waals surface area (Å²) in [6, 6.07) is 21.2. The first-order valence-electron chi connectivity index (χ1n) is 8.98. The van der Waals surface area contributed by atoms with E-state index >= 15 is 0 Å². The summed E-state index contributed by atoms with van der Waals surface area (Å²) in [7, 11) is 0. The molecule has 5 heteroatoms. The molecule has 27 heavy (non-hydrogen) atoms. The number of amides is 1. The summed E-state index contributed by atoms with van der Waals surface area (Å²) >= 11 is 0. The molecule has 0 saturated heterocycles. The van der Waals surface area contributed by atoms with Crippen LogP contribution in [0.3, 0.4) is 0 Å². The summed E-state index contributed by atoms with van der Waals surface area (Å²) in [4.78, 5) is 11.9. The summed E-state index contributed by atoms with van der Waals surface area (Å²) in [6.07, 6.45) is 0. The minimum absolute atomic E-state index is 0.0264. The van der Waals surface area contributed by atoms with Crippen LogP contribution in [0.1, 0.15) is 6.92 Å². The molecule has 0 heterocycles. The lowest BCUT2D eigenvalue weighted by atomic mass is 10.1. The fraction of sp³-hybridized carbons (Fsp3) is 0.227. The molecule has 3 aromatic rings.